The minimum atomic E-state index is -0.330. The highest BCUT2D eigenvalue weighted by molar-refractivity contribution is 5.81. The van der Waals surface area contributed by atoms with Crippen molar-refractivity contribution in [2.45, 2.75) is 19.8 Å². The van der Waals surface area contributed by atoms with Gasteiger partial charge in [0, 0.05) is 6.08 Å². The lowest BCUT2D eigenvalue weighted by atomic mass is 10.4. The van der Waals surface area contributed by atoms with Crippen LogP contribution in [0.15, 0.2) is 12.7 Å². The number of nitriles is 2. The van der Waals surface area contributed by atoms with Crippen molar-refractivity contribution in [1.29, 1.82) is 10.5 Å². The van der Waals surface area contributed by atoms with Crippen LogP contribution in [0.4, 0.5) is 0 Å². The van der Waals surface area contributed by atoms with Crippen LogP contribution >= 0.6 is 0 Å². The molecule has 0 bridgehead atoms. The first kappa shape index (κ1) is 13.8. The molecular formula is C9H12N2O2. The van der Waals surface area contributed by atoms with Crippen LogP contribution in [0.5, 0.6) is 0 Å². The molecule has 0 aromatic rings. The van der Waals surface area contributed by atoms with Gasteiger partial charge in [-0.05, 0) is 6.42 Å². The highest BCUT2D eigenvalue weighted by Gasteiger charge is 1.91. The van der Waals surface area contributed by atoms with E-state index in [0.29, 0.717) is 6.61 Å². The van der Waals surface area contributed by atoms with Gasteiger partial charge in [0.25, 0.3) is 0 Å². The minimum Gasteiger partial charge on any atom is -0.463 e. The molecule has 0 saturated carbocycles. The maximum absolute atomic E-state index is 10.3. The summed E-state index contributed by atoms with van der Waals surface area (Å²) in [5.74, 6) is -0.330. The quantitative estimate of drug-likeness (QED) is 0.373. The molecule has 0 spiro atoms. The molecule has 0 aliphatic carbocycles. The van der Waals surface area contributed by atoms with Crippen LogP contribution in [-0.4, -0.2) is 12.6 Å². The van der Waals surface area contributed by atoms with Crippen molar-refractivity contribution in [2.24, 2.45) is 0 Å². The monoisotopic (exact) mass is 180 g/mol. The largest absolute Gasteiger partial charge is 0.463 e. The highest BCUT2D eigenvalue weighted by atomic mass is 16.5. The summed E-state index contributed by atoms with van der Waals surface area (Å²) in [6.45, 7) is 5.82. The van der Waals surface area contributed by atoms with E-state index in [1.165, 1.54) is 18.2 Å². The minimum absolute atomic E-state index is 0.330. The van der Waals surface area contributed by atoms with E-state index in [0.717, 1.165) is 12.8 Å². The van der Waals surface area contributed by atoms with Crippen LogP contribution < -0.4 is 0 Å². The van der Waals surface area contributed by atoms with E-state index in [1.807, 2.05) is 6.92 Å². The lowest BCUT2D eigenvalue weighted by Crippen LogP contribution is -2.00. The Morgan fingerprint density at radius 3 is 2.38 bits per heavy atom. The lowest BCUT2D eigenvalue weighted by Gasteiger charge is -1.97. The Labute approximate surface area is 78.0 Å². The van der Waals surface area contributed by atoms with Gasteiger partial charge >= 0.3 is 5.97 Å². The number of esters is 1. The van der Waals surface area contributed by atoms with E-state index in [2.05, 4.69) is 11.3 Å². The zero-order valence-electron chi connectivity index (χ0n) is 7.62. The smallest absolute Gasteiger partial charge is 0.330 e. The maximum atomic E-state index is 10.3. The second-order valence-corrected chi connectivity index (χ2v) is 1.95. The number of rotatable bonds is 4. The van der Waals surface area contributed by atoms with Gasteiger partial charge in [0.05, 0.1) is 6.61 Å². The molecule has 4 heteroatoms. The standard InChI is InChI=1S/C7H12O2.C2N2/c1-3-5-6-9-7(8)4-2;3-1-2-4/h4H,2-3,5-6H2,1H3;. The van der Waals surface area contributed by atoms with Gasteiger partial charge in [0.2, 0.25) is 0 Å². The van der Waals surface area contributed by atoms with Crippen molar-refractivity contribution >= 4 is 5.97 Å². The molecule has 0 atom stereocenters. The summed E-state index contributed by atoms with van der Waals surface area (Å²) in [5, 5.41) is 14.5. The van der Waals surface area contributed by atoms with Gasteiger partial charge in [-0.2, -0.15) is 10.5 Å². The number of carbonyl (C=O) groups is 1. The Morgan fingerprint density at radius 2 is 2.08 bits per heavy atom. The van der Waals surface area contributed by atoms with Crippen LogP contribution in [-0.2, 0) is 9.53 Å². The normalized spacial score (nSPS) is 6.69. The molecule has 4 nitrogen and oxygen atoms in total. The molecule has 0 amide bonds. The van der Waals surface area contributed by atoms with Crippen molar-refractivity contribution in [3.05, 3.63) is 12.7 Å². The summed E-state index contributed by atoms with van der Waals surface area (Å²) >= 11 is 0. The number of unbranched alkanes of at least 4 members (excludes halogenated alkanes) is 1. The van der Waals surface area contributed by atoms with Crippen molar-refractivity contribution < 1.29 is 9.53 Å². The fourth-order valence-corrected chi connectivity index (χ4v) is 0.376. The predicted octanol–water partition coefficient (Wildman–Crippen LogP) is 1.55. The van der Waals surface area contributed by atoms with Gasteiger partial charge in [0.1, 0.15) is 0 Å². The number of ether oxygens (including phenoxy) is 1. The molecule has 0 aliphatic rings. The van der Waals surface area contributed by atoms with Gasteiger partial charge < -0.3 is 4.74 Å². The molecule has 0 heterocycles. The van der Waals surface area contributed by atoms with Crippen molar-refractivity contribution in [1.82, 2.24) is 0 Å². The van der Waals surface area contributed by atoms with Crippen LogP contribution in [0.3, 0.4) is 0 Å². The van der Waals surface area contributed by atoms with Crippen LogP contribution in [0.2, 0.25) is 0 Å². The average molecular weight is 180 g/mol. The maximum Gasteiger partial charge on any atom is 0.330 e. The molecule has 0 saturated heterocycles. The molecule has 0 radical (unpaired) electrons. The van der Waals surface area contributed by atoms with E-state index in [4.69, 9.17) is 10.5 Å². The third kappa shape index (κ3) is 17.8. The van der Waals surface area contributed by atoms with Crippen LogP contribution in [0.1, 0.15) is 19.8 Å². The molecule has 0 N–H and O–H groups in total. The third-order valence-corrected chi connectivity index (χ3v) is 0.959. The van der Waals surface area contributed by atoms with E-state index in [1.54, 1.807) is 0 Å². The van der Waals surface area contributed by atoms with Crippen LogP contribution in [0, 0.1) is 22.7 Å². The van der Waals surface area contributed by atoms with E-state index in [9.17, 15) is 4.79 Å². The van der Waals surface area contributed by atoms with Crippen molar-refractivity contribution in [3.63, 3.8) is 0 Å². The Balaban J connectivity index is 0. The second kappa shape index (κ2) is 12.8. The molecule has 0 aliphatic heterocycles. The number of nitrogens with zero attached hydrogens (tertiary/aromatic N) is 2. The molecule has 0 aromatic heterocycles. The van der Waals surface area contributed by atoms with Crippen molar-refractivity contribution in [2.75, 3.05) is 6.61 Å². The summed E-state index contributed by atoms with van der Waals surface area (Å²) in [6, 6.07) is 2.47. The number of hydrogen-bond donors (Lipinski definition) is 0. The van der Waals surface area contributed by atoms with Gasteiger partial charge in [-0.15, -0.1) is 0 Å². The molecule has 0 aromatic carbocycles. The molecule has 0 rings (SSSR count). The number of hydrogen-bond acceptors (Lipinski definition) is 4. The summed E-state index contributed by atoms with van der Waals surface area (Å²) in [5.41, 5.74) is 0. The van der Waals surface area contributed by atoms with Gasteiger partial charge in [-0.1, -0.05) is 19.9 Å². The average Bonchev–Trinajstić information content (AvgIpc) is 2.18. The topological polar surface area (TPSA) is 73.9 Å². The van der Waals surface area contributed by atoms with Gasteiger partial charge in [-0.25, -0.2) is 4.79 Å². The third-order valence-electron chi connectivity index (χ3n) is 0.959. The first-order valence-corrected chi connectivity index (χ1v) is 3.80. The lowest BCUT2D eigenvalue weighted by molar-refractivity contribution is -0.137. The van der Waals surface area contributed by atoms with Crippen LogP contribution in [0.25, 0.3) is 0 Å². The van der Waals surface area contributed by atoms with E-state index in [-0.39, 0.29) is 5.97 Å². The molecule has 0 fully saturated rings. The van der Waals surface area contributed by atoms with E-state index < -0.39 is 0 Å². The van der Waals surface area contributed by atoms with Crippen molar-refractivity contribution in [3.8, 4) is 12.1 Å². The first-order valence-electron chi connectivity index (χ1n) is 3.80. The number of carbonyl (C=O) groups excluding carboxylic acids is 1. The van der Waals surface area contributed by atoms with Gasteiger partial charge in [0.15, 0.2) is 12.1 Å². The fourth-order valence-electron chi connectivity index (χ4n) is 0.376. The van der Waals surface area contributed by atoms with Gasteiger partial charge in [-0.3, -0.25) is 0 Å². The molecule has 70 valence electrons. The summed E-state index contributed by atoms with van der Waals surface area (Å²) in [7, 11) is 0. The second-order valence-electron chi connectivity index (χ2n) is 1.95. The Kier molecular flexibility index (Phi) is 13.6. The summed E-state index contributed by atoms with van der Waals surface area (Å²) < 4.78 is 4.67. The highest BCUT2D eigenvalue weighted by Crippen LogP contribution is 1.88. The Bertz CT molecular complexity index is 211. The van der Waals surface area contributed by atoms with E-state index >= 15 is 0 Å². The zero-order valence-corrected chi connectivity index (χ0v) is 7.62. The SMILES string of the molecule is C=CC(=O)OCCCC.N#CC#N. The predicted molar refractivity (Wildman–Crippen MR) is 47.3 cm³/mol. The zero-order chi connectivity index (χ0) is 10.5. The Morgan fingerprint density at radius 1 is 1.54 bits per heavy atom. The fraction of sp³-hybridized carbons (Fsp3) is 0.444. The summed E-state index contributed by atoms with van der Waals surface area (Å²) in [4.78, 5) is 10.3. The summed E-state index contributed by atoms with van der Waals surface area (Å²) in [6.07, 6.45) is 3.15. The molecule has 0 unspecified atom stereocenters. The Hall–Kier alpha value is -1.81. The first-order chi connectivity index (χ1) is 6.22. The molecule has 13 heavy (non-hydrogen) atoms. The molecular weight excluding hydrogens is 168 g/mol.